The molecule has 164 valence electrons. The highest BCUT2D eigenvalue weighted by Gasteiger charge is 2.27. The lowest BCUT2D eigenvalue weighted by atomic mass is 10.1. The van der Waals surface area contributed by atoms with Crippen LogP contribution in [0.25, 0.3) is 16.6 Å². The minimum absolute atomic E-state index is 0.115. The van der Waals surface area contributed by atoms with Crippen LogP contribution in [0.15, 0.2) is 35.1 Å². The molecule has 1 aliphatic carbocycles. The van der Waals surface area contributed by atoms with Gasteiger partial charge >= 0.3 is 0 Å². The number of amides is 1. The average molecular weight is 422 g/mol. The lowest BCUT2D eigenvalue weighted by Gasteiger charge is -2.22. The molecule has 3 aromatic rings. The lowest BCUT2D eigenvalue weighted by molar-refractivity contribution is -0.125. The molecule has 2 heterocycles. The minimum Gasteiger partial charge on any atom is -0.352 e. The maximum Gasteiger partial charge on any atom is 0.278 e. The van der Waals surface area contributed by atoms with Crippen molar-refractivity contribution in [2.24, 2.45) is 0 Å². The van der Waals surface area contributed by atoms with Gasteiger partial charge in [-0.1, -0.05) is 50.8 Å². The van der Waals surface area contributed by atoms with Gasteiger partial charge in [-0.05, 0) is 45.2 Å². The van der Waals surface area contributed by atoms with Crippen molar-refractivity contribution in [2.75, 3.05) is 0 Å². The van der Waals surface area contributed by atoms with E-state index in [1.165, 1.54) is 17.5 Å². The molecule has 7 nitrogen and oxygen atoms in total. The van der Waals surface area contributed by atoms with Gasteiger partial charge in [0.25, 0.3) is 5.56 Å². The van der Waals surface area contributed by atoms with E-state index in [1.807, 2.05) is 51.1 Å². The summed E-state index contributed by atoms with van der Waals surface area (Å²) in [5.74, 6) is -0.115. The summed E-state index contributed by atoms with van der Waals surface area (Å²) >= 11 is 0. The summed E-state index contributed by atoms with van der Waals surface area (Å²) in [5.41, 5.74) is 2.61. The molecule has 0 spiro atoms. The van der Waals surface area contributed by atoms with Gasteiger partial charge in [0.15, 0.2) is 0 Å². The van der Waals surface area contributed by atoms with E-state index in [0.717, 1.165) is 37.1 Å². The molecule has 1 aliphatic rings. The third-order valence-corrected chi connectivity index (χ3v) is 6.33. The van der Waals surface area contributed by atoms with Crippen molar-refractivity contribution in [1.82, 2.24) is 24.9 Å². The fourth-order valence-corrected chi connectivity index (χ4v) is 4.60. The molecular weight excluding hydrogens is 390 g/mol. The van der Waals surface area contributed by atoms with E-state index in [9.17, 15) is 9.59 Å². The molecule has 0 aliphatic heterocycles. The van der Waals surface area contributed by atoms with Crippen LogP contribution in [-0.4, -0.2) is 31.5 Å². The van der Waals surface area contributed by atoms with Gasteiger partial charge in [-0.15, -0.1) is 0 Å². The third kappa shape index (κ3) is 4.13. The summed E-state index contributed by atoms with van der Waals surface area (Å²) in [5, 5.41) is 12.9. The Kier molecular flexibility index (Phi) is 6.20. The Labute approximate surface area is 182 Å². The maximum atomic E-state index is 13.5. The molecule has 0 bridgehead atoms. The summed E-state index contributed by atoms with van der Waals surface area (Å²) in [7, 11) is 0. The second kappa shape index (κ2) is 9.04. The number of hydrogen-bond acceptors (Lipinski definition) is 4. The van der Waals surface area contributed by atoms with Crippen molar-refractivity contribution in [2.45, 2.75) is 77.8 Å². The van der Waals surface area contributed by atoms with Gasteiger partial charge < -0.3 is 5.32 Å². The summed E-state index contributed by atoms with van der Waals surface area (Å²) in [6.45, 7) is 5.65. The highest BCUT2D eigenvalue weighted by molar-refractivity contribution is 5.84. The van der Waals surface area contributed by atoms with Crippen molar-refractivity contribution in [3.63, 3.8) is 0 Å². The normalized spacial score (nSPS) is 16.2. The summed E-state index contributed by atoms with van der Waals surface area (Å²) in [4.78, 5) is 26.6. The molecule has 1 fully saturated rings. The number of para-hydroxylation sites is 1. The first-order valence-corrected chi connectivity index (χ1v) is 11.4. The third-order valence-electron chi connectivity index (χ3n) is 6.33. The zero-order valence-electron chi connectivity index (χ0n) is 18.6. The highest BCUT2D eigenvalue weighted by atomic mass is 16.2. The minimum atomic E-state index is -0.627. The zero-order valence-corrected chi connectivity index (χ0v) is 18.6. The molecule has 2 aromatic heterocycles. The number of carbonyl (C=O) groups is 1. The smallest absolute Gasteiger partial charge is 0.278 e. The quantitative estimate of drug-likeness (QED) is 0.632. The van der Waals surface area contributed by atoms with Gasteiger partial charge in [0, 0.05) is 6.04 Å². The predicted octanol–water partition coefficient (Wildman–Crippen LogP) is 3.99. The number of benzene rings is 1. The molecule has 4 rings (SSSR count). The lowest BCUT2D eigenvalue weighted by Crippen LogP contribution is -2.43. The number of nitrogens with zero attached hydrogens (tertiary/aromatic N) is 4. The molecule has 0 saturated heterocycles. The Morgan fingerprint density at radius 1 is 1.10 bits per heavy atom. The molecule has 1 aromatic carbocycles. The van der Waals surface area contributed by atoms with Crippen molar-refractivity contribution >= 4 is 16.8 Å². The van der Waals surface area contributed by atoms with Crippen molar-refractivity contribution in [3.8, 4) is 5.69 Å². The fraction of sp³-hybridized carbons (Fsp3) is 0.500. The van der Waals surface area contributed by atoms with Crippen LogP contribution in [0.3, 0.4) is 0 Å². The van der Waals surface area contributed by atoms with Crippen molar-refractivity contribution in [3.05, 3.63) is 52.1 Å². The molecule has 1 unspecified atom stereocenters. The number of nitrogens with one attached hydrogen (secondary N) is 1. The Balaban J connectivity index is 1.72. The number of rotatable bonds is 5. The van der Waals surface area contributed by atoms with Gasteiger partial charge in [0.05, 0.1) is 22.5 Å². The van der Waals surface area contributed by atoms with E-state index < -0.39 is 6.04 Å². The van der Waals surface area contributed by atoms with E-state index in [2.05, 4.69) is 15.5 Å². The van der Waals surface area contributed by atoms with Crippen LogP contribution in [0.1, 0.15) is 69.3 Å². The summed E-state index contributed by atoms with van der Waals surface area (Å²) in [6.07, 6.45) is 7.25. The van der Waals surface area contributed by atoms with Gasteiger partial charge in [0.2, 0.25) is 5.91 Å². The average Bonchev–Trinajstić information content (AvgIpc) is 2.93. The van der Waals surface area contributed by atoms with Crippen LogP contribution in [0.4, 0.5) is 0 Å². The van der Waals surface area contributed by atoms with Gasteiger partial charge in [-0.2, -0.15) is 10.2 Å². The van der Waals surface area contributed by atoms with E-state index >= 15 is 0 Å². The highest BCUT2D eigenvalue weighted by Crippen LogP contribution is 2.22. The molecule has 1 atom stereocenters. The molecule has 31 heavy (non-hydrogen) atoms. The first-order valence-electron chi connectivity index (χ1n) is 11.4. The van der Waals surface area contributed by atoms with Gasteiger partial charge in [-0.25, -0.2) is 9.36 Å². The molecule has 1 N–H and O–H groups in total. The monoisotopic (exact) mass is 421 g/mol. The van der Waals surface area contributed by atoms with Crippen LogP contribution in [-0.2, 0) is 4.79 Å². The first kappa shape index (κ1) is 21.3. The topological polar surface area (TPSA) is 81.8 Å². The van der Waals surface area contributed by atoms with Crippen molar-refractivity contribution in [1.29, 1.82) is 0 Å². The van der Waals surface area contributed by atoms with Crippen LogP contribution in [0.5, 0.6) is 0 Å². The van der Waals surface area contributed by atoms with Crippen LogP contribution in [0, 0.1) is 13.8 Å². The number of carbonyl (C=O) groups excluding carboxylic acids is 1. The molecule has 1 saturated carbocycles. The van der Waals surface area contributed by atoms with Gasteiger partial charge in [0.1, 0.15) is 11.6 Å². The standard InChI is InChI=1S/C24H31N5O2/c1-4-20(23(30)25-18-12-8-5-6-9-13-18)29-24(31)21-17(3)28(19-14-10-7-11-15-19)27-22(21)16(2)26-29/h7,10-11,14-15,18,20H,4-6,8-9,12-13H2,1-3H3,(H,25,30). The second-order valence-corrected chi connectivity index (χ2v) is 8.51. The fourth-order valence-electron chi connectivity index (χ4n) is 4.60. The first-order chi connectivity index (χ1) is 15.0. The number of fused-ring (bicyclic) bond motifs is 1. The van der Waals surface area contributed by atoms with Crippen LogP contribution >= 0.6 is 0 Å². The Bertz CT molecular complexity index is 1120. The number of aryl methyl sites for hydroxylation is 2. The molecule has 7 heteroatoms. The Morgan fingerprint density at radius 2 is 1.77 bits per heavy atom. The van der Waals surface area contributed by atoms with E-state index in [-0.39, 0.29) is 17.5 Å². The number of aromatic nitrogens is 4. The van der Waals surface area contributed by atoms with Crippen molar-refractivity contribution < 1.29 is 4.79 Å². The Hall–Kier alpha value is -2.96. The maximum absolute atomic E-state index is 13.5. The summed E-state index contributed by atoms with van der Waals surface area (Å²) in [6, 6.07) is 9.29. The Morgan fingerprint density at radius 3 is 2.42 bits per heavy atom. The largest absolute Gasteiger partial charge is 0.352 e. The van der Waals surface area contributed by atoms with Crippen LogP contribution < -0.4 is 10.9 Å². The summed E-state index contributed by atoms with van der Waals surface area (Å²) < 4.78 is 3.14. The molecular formula is C24H31N5O2. The predicted molar refractivity (Wildman–Crippen MR) is 122 cm³/mol. The molecule has 1 amide bonds. The van der Waals surface area contributed by atoms with E-state index in [4.69, 9.17) is 0 Å². The van der Waals surface area contributed by atoms with E-state index in [0.29, 0.717) is 23.0 Å². The van der Waals surface area contributed by atoms with E-state index in [1.54, 1.807) is 4.68 Å². The van der Waals surface area contributed by atoms with Gasteiger partial charge in [-0.3, -0.25) is 9.59 Å². The zero-order chi connectivity index (χ0) is 22.0. The number of hydrogen-bond donors (Lipinski definition) is 1. The molecule has 0 radical (unpaired) electrons. The second-order valence-electron chi connectivity index (χ2n) is 8.51. The van der Waals surface area contributed by atoms with Crippen LogP contribution in [0.2, 0.25) is 0 Å². The SMILES string of the molecule is CCC(C(=O)NC1CCCCCC1)n1nc(C)c2nn(-c3ccccc3)c(C)c2c1=O.